The minimum atomic E-state index is -0.609. The molecule has 1 aliphatic carbocycles. The maximum Gasteiger partial charge on any atom is 0.329 e. The Bertz CT molecular complexity index is 1340. The Morgan fingerprint density at radius 2 is 1.76 bits per heavy atom. The van der Waals surface area contributed by atoms with Crippen LogP contribution in [0.5, 0.6) is 0 Å². The molecule has 0 aliphatic heterocycles. The number of aryl methyl sites for hydroxylation is 3. The van der Waals surface area contributed by atoms with Crippen molar-refractivity contribution in [2.24, 2.45) is 0 Å². The van der Waals surface area contributed by atoms with Crippen LogP contribution in [0.25, 0.3) is 11.0 Å². The van der Waals surface area contributed by atoms with E-state index in [0.717, 1.165) is 49.7 Å². The van der Waals surface area contributed by atoms with Gasteiger partial charge in [0.2, 0.25) is 5.91 Å². The summed E-state index contributed by atoms with van der Waals surface area (Å²) in [5, 5.41) is 6.19. The topological polar surface area (TPSA) is 109 Å². The summed E-state index contributed by atoms with van der Waals surface area (Å²) in [6.07, 6.45) is 9.91. The third-order valence-electron chi connectivity index (χ3n) is 7.39. The number of esters is 1. The quantitative estimate of drug-likeness (QED) is 0.207. The number of aromatic nitrogens is 3. The number of pyridine rings is 1. The van der Waals surface area contributed by atoms with Crippen molar-refractivity contribution in [1.29, 1.82) is 0 Å². The zero-order valence-corrected chi connectivity index (χ0v) is 25.6. The van der Waals surface area contributed by atoms with E-state index in [0.29, 0.717) is 31.9 Å². The van der Waals surface area contributed by atoms with Gasteiger partial charge in [0.25, 0.3) is 0 Å². The SMILES string of the molecule is CC(=O)NCCN(CCCCc1ccc2c(n1)CCCC2)CC[C@H](Nc1cnc2ccccc2n1)C(=O)OC(C)(C)C. The predicted molar refractivity (Wildman–Crippen MR) is 166 cm³/mol. The predicted octanol–water partition coefficient (Wildman–Crippen LogP) is 4.88. The fourth-order valence-corrected chi connectivity index (χ4v) is 5.27. The van der Waals surface area contributed by atoms with Crippen LogP contribution < -0.4 is 10.6 Å². The summed E-state index contributed by atoms with van der Waals surface area (Å²) in [5.74, 6) is 0.168. The van der Waals surface area contributed by atoms with Crippen LogP contribution in [0.15, 0.2) is 42.6 Å². The molecule has 9 heteroatoms. The summed E-state index contributed by atoms with van der Waals surface area (Å²) in [5.41, 5.74) is 4.82. The first-order valence-electron chi connectivity index (χ1n) is 15.3. The summed E-state index contributed by atoms with van der Waals surface area (Å²) in [4.78, 5) is 41.1. The highest BCUT2D eigenvalue weighted by atomic mass is 16.6. The van der Waals surface area contributed by atoms with Gasteiger partial charge in [0, 0.05) is 37.9 Å². The van der Waals surface area contributed by atoms with Gasteiger partial charge >= 0.3 is 5.97 Å². The smallest absolute Gasteiger partial charge is 0.329 e. The largest absolute Gasteiger partial charge is 0.458 e. The third kappa shape index (κ3) is 10.0. The number of hydrogen-bond donors (Lipinski definition) is 2. The fraction of sp³-hybridized carbons (Fsp3) is 0.545. The maximum absolute atomic E-state index is 13.2. The standard InChI is InChI=1S/C33H46N6O3/c1-24(40)34-19-22-39(20-10-9-12-26-17-16-25-11-5-6-13-27(25)36-26)21-18-30(32(41)42-33(2,3)4)38-31-23-35-28-14-7-8-15-29(28)37-31/h7-8,14-17,23,30H,5-6,9-13,18-22H2,1-4H3,(H,34,40)(H,37,38)/t30-/m0/s1. The van der Waals surface area contributed by atoms with Crippen LogP contribution in [0, 0.1) is 0 Å². The van der Waals surface area contributed by atoms with Crippen molar-refractivity contribution in [3.8, 4) is 0 Å². The molecular weight excluding hydrogens is 528 g/mol. The molecule has 0 spiro atoms. The van der Waals surface area contributed by atoms with E-state index in [1.165, 1.54) is 36.7 Å². The van der Waals surface area contributed by atoms with E-state index in [1.807, 2.05) is 45.0 Å². The number of fused-ring (bicyclic) bond motifs is 2. The summed E-state index contributed by atoms with van der Waals surface area (Å²) >= 11 is 0. The second kappa shape index (κ2) is 15.0. The van der Waals surface area contributed by atoms with Crippen molar-refractivity contribution < 1.29 is 14.3 Å². The van der Waals surface area contributed by atoms with Gasteiger partial charge in [-0.3, -0.25) is 14.8 Å². The zero-order valence-electron chi connectivity index (χ0n) is 25.6. The molecule has 1 aliphatic rings. The van der Waals surface area contributed by atoms with E-state index in [-0.39, 0.29) is 11.9 Å². The Labute approximate surface area is 249 Å². The Hall–Kier alpha value is -3.59. The number of ether oxygens (including phenoxy) is 1. The van der Waals surface area contributed by atoms with Gasteiger partial charge in [0.1, 0.15) is 17.5 Å². The number of hydrogen-bond acceptors (Lipinski definition) is 8. The molecule has 9 nitrogen and oxygen atoms in total. The van der Waals surface area contributed by atoms with Crippen molar-refractivity contribution in [3.05, 3.63) is 59.5 Å². The lowest BCUT2D eigenvalue weighted by Gasteiger charge is -2.28. The molecule has 0 bridgehead atoms. The van der Waals surface area contributed by atoms with Crippen molar-refractivity contribution in [1.82, 2.24) is 25.2 Å². The van der Waals surface area contributed by atoms with Crippen LogP contribution in [0.3, 0.4) is 0 Å². The van der Waals surface area contributed by atoms with E-state index in [4.69, 9.17) is 9.72 Å². The Kier molecular flexibility index (Phi) is 11.2. The van der Waals surface area contributed by atoms with Crippen LogP contribution in [0.1, 0.15) is 76.8 Å². The molecule has 0 fully saturated rings. The number of benzene rings is 1. The molecule has 226 valence electrons. The highest BCUT2D eigenvalue weighted by Crippen LogP contribution is 2.20. The summed E-state index contributed by atoms with van der Waals surface area (Å²) < 4.78 is 5.76. The molecule has 2 N–H and O–H groups in total. The normalized spacial score (nSPS) is 13.9. The number of amides is 1. The Morgan fingerprint density at radius 3 is 2.55 bits per heavy atom. The first kappa shape index (κ1) is 31.3. The number of nitrogens with zero attached hydrogens (tertiary/aromatic N) is 4. The molecular formula is C33H46N6O3. The highest BCUT2D eigenvalue weighted by Gasteiger charge is 2.26. The minimum Gasteiger partial charge on any atom is -0.458 e. The lowest BCUT2D eigenvalue weighted by molar-refractivity contribution is -0.156. The lowest BCUT2D eigenvalue weighted by atomic mass is 9.95. The van der Waals surface area contributed by atoms with Crippen LogP contribution in [0.4, 0.5) is 5.82 Å². The van der Waals surface area contributed by atoms with Crippen molar-refractivity contribution in [2.45, 2.75) is 90.7 Å². The summed E-state index contributed by atoms with van der Waals surface area (Å²) in [7, 11) is 0. The number of carbonyl (C=O) groups excluding carboxylic acids is 2. The molecule has 0 radical (unpaired) electrons. The summed E-state index contributed by atoms with van der Waals surface area (Å²) in [6, 6.07) is 11.5. The van der Waals surface area contributed by atoms with E-state index in [9.17, 15) is 9.59 Å². The number of unbranched alkanes of at least 4 members (excludes halogenated alkanes) is 1. The van der Waals surface area contributed by atoms with Gasteiger partial charge in [-0.2, -0.15) is 0 Å². The molecule has 2 aromatic heterocycles. The van der Waals surface area contributed by atoms with Crippen LogP contribution in [0.2, 0.25) is 0 Å². The van der Waals surface area contributed by atoms with E-state index in [1.54, 1.807) is 6.20 Å². The van der Waals surface area contributed by atoms with Gasteiger partial charge in [-0.25, -0.2) is 9.78 Å². The molecule has 1 atom stereocenters. The molecule has 4 rings (SSSR count). The molecule has 42 heavy (non-hydrogen) atoms. The number of anilines is 1. The Morgan fingerprint density at radius 1 is 0.976 bits per heavy atom. The first-order chi connectivity index (χ1) is 20.2. The number of para-hydroxylation sites is 2. The van der Waals surface area contributed by atoms with Gasteiger partial charge in [0.15, 0.2) is 0 Å². The van der Waals surface area contributed by atoms with Gasteiger partial charge in [-0.1, -0.05) is 18.2 Å². The van der Waals surface area contributed by atoms with E-state index < -0.39 is 11.6 Å². The fourth-order valence-electron chi connectivity index (χ4n) is 5.27. The second-order valence-corrected chi connectivity index (χ2v) is 12.2. The number of carbonyl (C=O) groups is 2. The highest BCUT2D eigenvalue weighted by molar-refractivity contribution is 5.80. The average molecular weight is 575 g/mol. The summed E-state index contributed by atoms with van der Waals surface area (Å²) in [6.45, 7) is 9.92. The van der Waals surface area contributed by atoms with Crippen LogP contribution in [-0.2, 0) is 33.6 Å². The average Bonchev–Trinajstić information content (AvgIpc) is 2.95. The Balaban J connectivity index is 1.37. The van der Waals surface area contributed by atoms with Crippen LogP contribution >= 0.6 is 0 Å². The molecule has 1 aromatic carbocycles. The van der Waals surface area contributed by atoms with Gasteiger partial charge in [-0.05, 0) is 102 Å². The molecule has 2 heterocycles. The maximum atomic E-state index is 13.2. The van der Waals surface area contributed by atoms with Gasteiger partial charge in [0.05, 0.1) is 17.2 Å². The van der Waals surface area contributed by atoms with Crippen molar-refractivity contribution in [2.75, 3.05) is 31.5 Å². The molecule has 0 saturated carbocycles. The first-order valence-corrected chi connectivity index (χ1v) is 15.3. The molecule has 1 amide bonds. The number of nitrogens with one attached hydrogen (secondary N) is 2. The van der Waals surface area contributed by atoms with Gasteiger partial charge < -0.3 is 20.3 Å². The molecule has 0 unspecified atom stereocenters. The molecule has 3 aromatic rings. The molecule has 0 saturated heterocycles. The van der Waals surface area contributed by atoms with Crippen molar-refractivity contribution >= 4 is 28.7 Å². The minimum absolute atomic E-state index is 0.0448. The lowest BCUT2D eigenvalue weighted by Crippen LogP contribution is -2.41. The number of rotatable bonds is 14. The van der Waals surface area contributed by atoms with Gasteiger partial charge in [-0.15, -0.1) is 0 Å². The van der Waals surface area contributed by atoms with Crippen LogP contribution in [-0.4, -0.2) is 69.6 Å². The second-order valence-electron chi connectivity index (χ2n) is 12.2. The third-order valence-corrected chi connectivity index (χ3v) is 7.39. The van der Waals surface area contributed by atoms with E-state index >= 15 is 0 Å². The monoisotopic (exact) mass is 574 g/mol. The zero-order chi connectivity index (χ0) is 30.0. The van der Waals surface area contributed by atoms with E-state index in [2.05, 4.69) is 37.6 Å². The van der Waals surface area contributed by atoms with Crippen molar-refractivity contribution in [3.63, 3.8) is 0 Å².